The molecule has 0 radical (unpaired) electrons. The van der Waals surface area contributed by atoms with E-state index in [4.69, 9.17) is 4.74 Å². The van der Waals surface area contributed by atoms with Crippen LogP contribution in [0.15, 0.2) is 102 Å². The van der Waals surface area contributed by atoms with Crippen LogP contribution in [0, 0.1) is 17.8 Å². The summed E-state index contributed by atoms with van der Waals surface area (Å²) in [6, 6.07) is 28.5. The fourth-order valence-electron chi connectivity index (χ4n) is 6.20. The molecule has 37 heavy (non-hydrogen) atoms. The number of allylic oxidation sites excluding steroid dienone is 1. The van der Waals surface area contributed by atoms with Crippen LogP contribution in [0.2, 0.25) is 0 Å². The fraction of sp³-hybridized carbons (Fsp3) is 0.129. The first-order valence-corrected chi connectivity index (χ1v) is 13.0. The molecule has 0 spiro atoms. The van der Waals surface area contributed by atoms with Gasteiger partial charge in [0.2, 0.25) is 11.8 Å². The van der Waals surface area contributed by atoms with Gasteiger partial charge in [0.1, 0.15) is 5.75 Å². The molecule has 180 valence electrons. The number of nitrogens with zero attached hydrogens (tertiary/aromatic N) is 1. The Morgan fingerprint density at radius 2 is 1.51 bits per heavy atom. The third kappa shape index (κ3) is 3.25. The van der Waals surface area contributed by atoms with Gasteiger partial charge in [0.15, 0.2) is 0 Å². The number of hydrogen-bond acceptors (Lipinski definition) is 4. The summed E-state index contributed by atoms with van der Waals surface area (Å²) in [4.78, 5) is 42.8. The molecule has 0 aromatic heterocycles. The van der Waals surface area contributed by atoms with Gasteiger partial charge in [0.25, 0.3) is 0 Å². The highest BCUT2D eigenvalue weighted by Crippen LogP contribution is 2.55. The molecule has 0 bridgehead atoms. The molecule has 6 heteroatoms. The quantitative estimate of drug-likeness (QED) is 0.171. The number of carbonyl (C=O) groups excluding carboxylic acids is 3. The molecule has 0 unspecified atom stereocenters. The number of hydrogen-bond donors (Lipinski definition) is 0. The first-order valence-electron chi connectivity index (χ1n) is 12.2. The van der Waals surface area contributed by atoms with Crippen LogP contribution in [0.4, 0.5) is 5.69 Å². The Balaban J connectivity index is 1.48. The van der Waals surface area contributed by atoms with Crippen molar-refractivity contribution in [1.82, 2.24) is 0 Å². The average molecular weight is 550 g/mol. The van der Waals surface area contributed by atoms with Crippen molar-refractivity contribution in [3.8, 4) is 5.75 Å². The van der Waals surface area contributed by atoms with Crippen molar-refractivity contribution in [2.45, 2.75) is 5.92 Å². The first-order chi connectivity index (χ1) is 18.0. The molecule has 0 saturated carbocycles. The Hall–Kier alpha value is -4.03. The Morgan fingerprint density at radius 1 is 0.757 bits per heavy atom. The Kier molecular flexibility index (Phi) is 4.95. The van der Waals surface area contributed by atoms with Gasteiger partial charge in [0, 0.05) is 16.0 Å². The van der Waals surface area contributed by atoms with Gasteiger partial charge < -0.3 is 4.74 Å². The van der Waals surface area contributed by atoms with Crippen LogP contribution in [0.5, 0.6) is 5.75 Å². The molecule has 1 fully saturated rings. The van der Waals surface area contributed by atoms with Crippen molar-refractivity contribution in [3.05, 3.63) is 113 Å². The van der Waals surface area contributed by atoms with E-state index in [-0.39, 0.29) is 17.7 Å². The van der Waals surface area contributed by atoms with E-state index < -0.39 is 23.7 Å². The molecule has 3 aliphatic rings. The Labute approximate surface area is 221 Å². The molecule has 4 aromatic carbocycles. The number of imide groups is 1. The largest absolute Gasteiger partial charge is 0.425 e. The molecular formula is C31H20BrNO4. The molecule has 0 N–H and O–H groups in total. The third-order valence-corrected chi connectivity index (χ3v) is 8.23. The highest BCUT2D eigenvalue weighted by atomic mass is 79.9. The number of carbonyl (C=O) groups is 3. The molecule has 1 saturated heterocycles. The van der Waals surface area contributed by atoms with Crippen LogP contribution in [0.25, 0.3) is 16.3 Å². The molecular weight excluding hydrogens is 530 g/mol. The van der Waals surface area contributed by atoms with Gasteiger partial charge >= 0.3 is 5.97 Å². The number of anilines is 1. The van der Waals surface area contributed by atoms with Gasteiger partial charge in [-0.05, 0) is 46.2 Å². The number of rotatable bonds is 2. The van der Waals surface area contributed by atoms with Gasteiger partial charge in [-0.3, -0.25) is 14.4 Å². The lowest BCUT2D eigenvalue weighted by Crippen LogP contribution is -2.42. The summed E-state index contributed by atoms with van der Waals surface area (Å²) in [6.45, 7) is 0. The minimum absolute atomic E-state index is 0.297. The number of ether oxygens (including phenoxy) is 1. The average Bonchev–Trinajstić information content (AvgIpc) is 3.18. The molecule has 2 aliphatic heterocycles. The summed E-state index contributed by atoms with van der Waals surface area (Å²) in [5.41, 5.74) is 3.00. The second-order valence-electron chi connectivity index (χ2n) is 9.66. The van der Waals surface area contributed by atoms with Gasteiger partial charge in [-0.2, -0.15) is 0 Å². The van der Waals surface area contributed by atoms with Crippen LogP contribution >= 0.6 is 15.9 Å². The predicted octanol–water partition coefficient (Wildman–Crippen LogP) is 6.12. The summed E-state index contributed by atoms with van der Waals surface area (Å²) in [5, 5.41) is 1.97. The summed E-state index contributed by atoms with van der Waals surface area (Å²) in [7, 11) is 0. The van der Waals surface area contributed by atoms with Gasteiger partial charge in [-0.1, -0.05) is 88.7 Å². The summed E-state index contributed by atoms with van der Waals surface area (Å²) in [5.74, 6) is -3.49. The minimum atomic E-state index is -0.865. The monoisotopic (exact) mass is 549 g/mol. The zero-order valence-electron chi connectivity index (χ0n) is 19.5. The lowest BCUT2D eigenvalue weighted by Gasteiger charge is -2.38. The molecule has 2 amide bonds. The van der Waals surface area contributed by atoms with E-state index in [0.29, 0.717) is 11.4 Å². The van der Waals surface area contributed by atoms with E-state index in [1.165, 1.54) is 4.90 Å². The maximum absolute atomic E-state index is 14.1. The van der Waals surface area contributed by atoms with E-state index in [1.54, 1.807) is 18.2 Å². The van der Waals surface area contributed by atoms with E-state index in [2.05, 4.69) is 15.9 Å². The number of halogens is 1. The van der Waals surface area contributed by atoms with Crippen molar-refractivity contribution >= 4 is 55.7 Å². The predicted molar refractivity (Wildman–Crippen MR) is 144 cm³/mol. The van der Waals surface area contributed by atoms with Crippen molar-refractivity contribution in [3.63, 3.8) is 0 Å². The van der Waals surface area contributed by atoms with Gasteiger partial charge in [-0.25, -0.2) is 4.90 Å². The first kappa shape index (κ1) is 22.2. The zero-order chi connectivity index (χ0) is 25.3. The van der Waals surface area contributed by atoms with Gasteiger partial charge in [0.05, 0.1) is 23.4 Å². The van der Waals surface area contributed by atoms with E-state index in [1.807, 2.05) is 78.9 Å². The van der Waals surface area contributed by atoms with Crippen LogP contribution in [-0.4, -0.2) is 17.8 Å². The molecule has 2 heterocycles. The van der Waals surface area contributed by atoms with Crippen LogP contribution in [0.1, 0.15) is 17.0 Å². The maximum atomic E-state index is 14.1. The van der Waals surface area contributed by atoms with Gasteiger partial charge in [-0.15, -0.1) is 0 Å². The normalized spacial score (nSPS) is 24.3. The van der Waals surface area contributed by atoms with Crippen LogP contribution < -0.4 is 9.64 Å². The number of benzene rings is 4. The van der Waals surface area contributed by atoms with Crippen molar-refractivity contribution in [1.29, 1.82) is 0 Å². The SMILES string of the molecule is O=C1Oc2ccc3ccccc3c2C2=C[C@H](c3ccccc3)[C@@H]3C(=O)N(c4cccc(Br)c4)C(=O)[C@H]3[C@@H]12. The molecule has 4 atom stereocenters. The van der Waals surface area contributed by atoms with Crippen molar-refractivity contribution in [2.75, 3.05) is 4.90 Å². The minimum Gasteiger partial charge on any atom is -0.425 e. The highest BCUT2D eigenvalue weighted by molar-refractivity contribution is 9.10. The van der Waals surface area contributed by atoms with Crippen LogP contribution in [0.3, 0.4) is 0 Å². The molecule has 7 rings (SSSR count). The Morgan fingerprint density at radius 3 is 2.32 bits per heavy atom. The summed E-state index contributed by atoms with van der Waals surface area (Å²) >= 11 is 3.45. The number of amides is 2. The number of esters is 1. The summed E-state index contributed by atoms with van der Waals surface area (Å²) in [6.07, 6.45) is 2.03. The standard InChI is InChI=1S/C31H20BrNO4/c32-19-10-6-11-20(15-19)33-29(34)26-22(17-7-2-1-3-8-17)16-23-25-21-12-5-4-9-18(21)13-14-24(25)37-31(36)27(23)28(26)30(33)35/h1-16,22,26-28H/t22-,26+,27+,28-/m1/s1. The summed E-state index contributed by atoms with van der Waals surface area (Å²) < 4.78 is 6.59. The Bertz CT molecular complexity index is 1660. The fourth-order valence-corrected chi connectivity index (χ4v) is 6.59. The lowest BCUT2D eigenvalue weighted by molar-refractivity contribution is -0.142. The smallest absolute Gasteiger partial charge is 0.319 e. The van der Waals surface area contributed by atoms with E-state index >= 15 is 0 Å². The van der Waals surface area contributed by atoms with Crippen LogP contribution in [-0.2, 0) is 14.4 Å². The highest BCUT2D eigenvalue weighted by Gasteiger charge is 2.60. The lowest BCUT2D eigenvalue weighted by atomic mass is 9.64. The van der Waals surface area contributed by atoms with Crippen molar-refractivity contribution < 1.29 is 19.1 Å². The maximum Gasteiger partial charge on any atom is 0.319 e. The topological polar surface area (TPSA) is 63.7 Å². The second kappa shape index (κ2) is 8.25. The number of fused-ring (bicyclic) bond motifs is 7. The zero-order valence-corrected chi connectivity index (χ0v) is 21.1. The van der Waals surface area contributed by atoms with E-state index in [9.17, 15) is 14.4 Å². The van der Waals surface area contributed by atoms with E-state index in [0.717, 1.165) is 31.9 Å². The second-order valence-corrected chi connectivity index (χ2v) is 10.6. The molecule has 5 nitrogen and oxygen atoms in total. The van der Waals surface area contributed by atoms with Crippen molar-refractivity contribution in [2.24, 2.45) is 17.8 Å². The molecule has 1 aliphatic carbocycles. The molecule has 4 aromatic rings. The third-order valence-electron chi connectivity index (χ3n) is 7.73.